The minimum absolute atomic E-state index is 0.0320. The van der Waals surface area contributed by atoms with Crippen molar-refractivity contribution >= 4 is 5.91 Å². The maximum Gasteiger partial charge on any atom is 0.254 e. The highest BCUT2D eigenvalue weighted by Crippen LogP contribution is 2.41. The molecule has 0 saturated carbocycles. The summed E-state index contributed by atoms with van der Waals surface area (Å²) in [6, 6.07) is -4.05. The van der Waals surface area contributed by atoms with Crippen LogP contribution < -0.4 is 0 Å². The third-order valence-electron chi connectivity index (χ3n) is 4.83. The van der Waals surface area contributed by atoms with E-state index in [9.17, 15) is 6.17 Å². The molecule has 3 fully saturated rings. The molecule has 3 heteroatoms. The normalized spacial score (nSPS) is 56.8. The number of hydrogen-bond donors (Lipinski definition) is 0. The van der Waals surface area contributed by atoms with Crippen LogP contribution in [0, 0.1) is 5.92 Å². The third kappa shape index (κ3) is 1.81. The summed E-state index contributed by atoms with van der Waals surface area (Å²) in [5.74, 6) is -3.64. The van der Waals surface area contributed by atoms with E-state index in [1.54, 1.807) is 0 Å². The second-order valence-electron chi connectivity index (χ2n) is 6.09. The maximum absolute atomic E-state index is 13.9. The zero-order valence-electron chi connectivity index (χ0n) is 24.0. The van der Waals surface area contributed by atoms with Crippen molar-refractivity contribution in [2.75, 3.05) is 26.1 Å². The van der Waals surface area contributed by atoms with E-state index in [4.69, 9.17) is 15.1 Å². The van der Waals surface area contributed by atoms with E-state index in [1.165, 1.54) is 0 Å². The number of amides is 1. The highest BCUT2D eigenvalue weighted by molar-refractivity contribution is 5.97. The van der Waals surface area contributed by atoms with Crippen LogP contribution in [0.1, 0.15) is 69.5 Å². The molecule has 1 aromatic carbocycles. The van der Waals surface area contributed by atoms with Crippen LogP contribution in [0.4, 0.5) is 0 Å². The monoisotopic (exact) mass is 308 g/mol. The van der Waals surface area contributed by atoms with E-state index in [2.05, 4.69) is 0 Å². The van der Waals surface area contributed by atoms with Crippen LogP contribution >= 0.6 is 0 Å². The van der Waals surface area contributed by atoms with Gasteiger partial charge in [-0.1, -0.05) is 12.1 Å². The van der Waals surface area contributed by atoms with E-state index >= 15 is 0 Å². The fraction of sp³-hybridized carbons (Fsp3) is 0.632. The molecule has 0 radical (unpaired) electrons. The average Bonchev–Trinajstić information content (AvgIpc) is 2.68. The van der Waals surface area contributed by atoms with E-state index in [0.29, 0.717) is 4.90 Å². The largest absolute Gasteiger partial charge is 0.333 e. The fourth-order valence-corrected chi connectivity index (χ4v) is 3.71. The minimum atomic E-state index is -2.58. The van der Waals surface area contributed by atoms with E-state index in [0.717, 1.165) is 4.90 Å². The highest BCUT2D eigenvalue weighted by atomic mass is 16.2. The predicted molar refractivity (Wildman–Crippen MR) is 86.1 cm³/mol. The van der Waals surface area contributed by atoms with Gasteiger partial charge in [-0.2, -0.15) is 0 Å². The van der Waals surface area contributed by atoms with Crippen molar-refractivity contribution in [3.8, 4) is 0 Å². The molecule has 22 heavy (non-hydrogen) atoms. The quantitative estimate of drug-likeness (QED) is 0.796. The Morgan fingerprint density at radius 2 is 2.32 bits per heavy atom. The van der Waals surface area contributed by atoms with Gasteiger partial charge in [0, 0.05) is 38.8 Å². The Morgan fingerprint density at radius 3 is 3.23 bits per heavy atom. The molecule has 0 N–H and O–H groups in total. The van der Waals surface area contributed by atoms with Gasteiger partial charge in [-0.15, -0.1) is 0 Å². The van der Waals surface area contributed by atoms with Crippen molar-refractivity contribution in [2.45, 2.75) is 43.9 Å². The van der Waals surface area contributed by atoms with Gasteiger partial charge >= 0.3 is 0 Å². The van der Waals surface area contributed by atoms with Crippen molar-refractivity contribution in [1.82, 2.24) is 9.80 Å². The summed E-state index contributed by atoms with van der Waals surface area (Å²) in [5.41, 5.74) is -0.778. The molecule has 2 bridgehead atoms. The first-order valence-electron chi connectivity index (χ1n) is 13.7. The molecule has 1 unspecified atom stereocenters. The molecule has 4 aliphatic heterocycles. The molecule has 4 heterocycles. The lowest BCUT2D eigenvalue weighted by molar-refractivity contribution is 0.00258. The SMILES string of the molecule is [2H]c1c([2H])c2c3c(c1[2H])C([2H])([2H])CC[C@@H]3C([2H])([2H])N([C@]1([2H])CN3CC[C@H]1C([2H])([2H])C3([2H])[2H])C2=O. The van der Waals surface area contributed by atoms with Gasteiger partial charge in [-0.25, -0.2) is 0 Å². The summed E-state index contributed by atoms with van der Waals surface area (Å²) in [4.78, 5) is 15.6. The van der Waals surface area contributed by atoms with Gasteiger partial charge in [-0.3, -0.25) is 4.79 Å². The topological polar surface area (TPSA) is 23.6 Å². The first-order chi connectivity index (χ1) is 15.4. The Kier molecular flexibility index (Phi) is 1.30. The lowest BCUT2D eigenvalue weighted by atomic mass is 9.75. The standard InChI is InChI=1S/C19H24N2O/c22-19-16-6-2-4-14-3-1-5-15(18(14)16)11-21(19)17-12-20-9-7-13(17)8-10-20/h2,4,6,13,15,17H,1,3,5,7-12H2/t15-,17-/m1/s1/i2D,3D2,4D,6D,7D2,9D2,11D2,17D/t13-,15-,17-. The highest BCUT2D eigenvalue weighted by Gasteiger charge is 2.43. The van der Waals surface area contributed by atoms with Crippen LogP contribution in [-0.4, -0.2) is 47.8 Å². The fourth-order valence-electron chi connectivity index (χ4n) is 3.71. The van der Waals surface area contributed by atoms with Gasteiger partial charge in [0.25, 0.3) is 5.91 Å². The molecule has 4 atom stereocenters. The number of hydrogen-bond acceptors (Lipinski definition) is 2. The van der Waals surface area contributed by atoms with Crippen molar-refractivity contribution in [2.24, 2.45) is 5.92 Å². The zero-order valence-corrected chi connectivity index (χ0v) is 12.0. The Hall–Kier alpha value is -1.35. The molecule has 3 saturated heterocycles. The molecule has 6 rings (SSSR count). The molecule has 0 aromatic heterocycles. The predicted octanol–water partition coefficient (Wildman–Crippen LogP) is 2.66. The lowest BCUT2D eigenvalue weighted by Crippen LogP contribution is -2.60. The number of benzene rings is 1. The first-order valence-corrected chi connectivity index (χ1v) is 7.66. The second kappa shape index (κ2) is 4.82. The zero-order chi connectivity index (χ0) is 25.4. The van der Waals surface area contributed by atoms with Crippen LogP contribution in [0.3, 0.4) is 0 Å². The van der Waals surface area contributed by atoms with Gasteiger partial charge in [0.05, 0.1) is 8.22 Å². The Labute approximate surface area is 149 Å². The molecular formula is C19H24N2O. The molecule has 0 spiro atoms. The maximum atomic E-state index is 13.9. The molecule has 5 aliphatic rings. The summed E-state index contributed by atoms with van der Waals surface area (Å²) in [5, 5.41) is 0. The molecule has 1 aliphatic carbocycles. The summed E-state index contributed by atoms with van der Waals surface area (Å²) < 4.78 is 102. The summed E-state index contributed by atoms with van der Waals surface area (Å²) in [6.07, 6.45) is -4.88. The Balaban J connectivity index is 1.77. The lowest BCUT2D eigenvalue weighted by Gasteiger charge is -2.51. The van der Waals surface area contributed by atoms with Gasteiger partial charge in [0.2, 0.25) is 0 Å². The second-order valence-corrected chi connectivity index (χ2v) is 6.09. The summed E-state index contributed by atoms with van der Waals surface area (Å²) in [7, 11) is 0. The van der Waals surface area contributed by atoms with Gasteiger partial charge in [-0.05, 0) is 68.1 Å². The van der Waals surface area contributed by atoms with Gasteiger partial charge in [0.1, 0.15) is 0 Å². The Bertz CT molecular complexity index is 1120. The van der Waals surface area contributed by atoms with Gasteiger partial charge in [0.15, 0.2) is 0 Å². The number of rotatable bonds is 1. The number of nitrogens with zero attached hydrogens (tertiary/aromatic N) is 2. The molecular weight excluding hydrogens is 272 g/mol. The third-order valence-corrected chi connectivity index (χ3v) is 4.83. The smallest absolute Gasteiger partial charge is 0.254 e. The van der Waals surface area contributed by atoms with Crippen molar-refractivity contribution in [3.63, 3.8) is 0 Å². The van der Waals surface area contributed by atoms with Gasteiger partial charge < -0.3 is 9.80 Å². The summed E-state index contributed by atoms with van der Waals surface area (Å²) in [6.45, 7) is -5.27. The number of fused-ring (bicyclic) bond motifs is 3. The average molecular weight is 308 g/mol. The molecule has 1 aromatic rings. The van der Waals surface area contributed by atoms with E-state index in [1.807, 2.05) is 0 Å². The van der Waals surface area contributed by atoms with Crippen LogP contribution in [0.15, 0.2) is 18.1 Å². The van der Waals surface area contributed by atoms with E-state index in [-0.39, 0.29) is 36.9 Å². The Morgan fingerprint density at radius 1 is 1.36 bits per heavy atom. The van der Waals surface area contributed by atoms with Crippen molar-refractivity contribution in [1.29, 1.82) is 0 Å². The van der Waals surface area contributed by atoms with Crippen LogP contribution in [0.5, 0.6) is 0 Å². The molecule has 3 nitrogen and oxygen atoms in total. The number of carbonyl (C=O) groups is 1. The van der Waals surface area contributed by atoms with Crippen LogP contribution in [0.25, 0.3) is 0 Å². The van der Waals surface area contributed by atoms with E-state index < -0.39 is 79.7 Å². The first kappa shape index (κ1) is 5.94. The number of carbonyl (C=O) groups excluding carboxylic acids is 1. The number of piperidine rings is 3. The molecule has 116 valence electrons. The van der Waals surface area contributed by atoms with Crippen LogP contribution in [-0.2, 0) is 6.37 Å². The van der Waals surface area contributed by atoms with Crippen LogP contribution in [0.2, 0.25) is 0 Å². The summed E-state index contributed by atoms with van der Waals surface area (Å²) >= 11 is 0. The minimum Gasteiger partial charge on any atom is -0.333 e. The molecule has 1 amide bonds. The van der Waals surface area contributed by atoms with Crippen molar-refractivity contribution in [3.05, 3.63) is 34.8 Å². The van der Waals surface area contributed by atoms with Crippen molar-refractivity contribution < 1.29 is 21.2 Å².